The molecule has 0 amide bonds. The van der Waals surface area contributed by atoms with Gasteiger partial charge in [-0.1, -0.05) is 24.3 Å². The topological polar surface area (TPSA) is 58.2 Å². The molecule has 4 nitrogen and oxygen atoms in total. The molecule has 0 aliphatic heterocycles. The van der Waals surface area contributed by atoms with Crippen molar-refractivity contribution in [3.63, 3.8) is 0 Å². The van der Waals surface area contributed by atoms with E-state index in [1.54, 1.807) is 24.3 Å². The summed E-state index contributed by atoms with van der Waals surface area (Å²) in [6, 6.07) is 14.4. The molecule has 0 aromatic heterocycles. The van der Waals surface area contributed by atoms with Crippen LogP contribution in [0.1, 0.15) is 24.1 Å². The lowest BCUT2D eigenvalue weighted by molar-refractivity contribution is 0.601. The number of rotatable bonds is 5. The van der Waals surface area contributed by atoms with Crippen LogP contribution in [0.25, 0.3) is 0 Å². The van der Waals surface area contributed by atoms with Gasteiger partial charge in [-0.3, -0.25) is 4.72 Å². The lowest BCUT2D eigenvalue weighted by Crippen LogP contribution is -2.15. The van der Waals surface area contributed by atoms with Crippen molar-refractivity contribution in [2.75, 3.05) is 11.8 Å². The number of aryl methyl sites for hydroxylation is 1. The van der Waals surface area contributed by atoms with E-state index >= 15 is 0 Å². The number of anilines is 1. The summed E-state index contributed by atoms with van der Waals surface area (Å²) in [5.41, 5.74) is 2.51. The fourth-order valence-corrected chi connectivity index (χ4v) is 3.19. The maximum absolute atomic E-state index is 12.4. The Kier molecular flexibility index (Phi) is 4.65. The molecule has 1 unspecified atom stereocenters. The van der Waals surface area contributed by atoms with Gasteiger partial charge in [-0.2, -0.15) is 0 Å². The Morgan fingerprint density at radius 3 is 2.43 bits per heavy atom. The number of hydrogen-bond donors (Lipinski definition) is 2. The van der Waals surface area contributed by atoms with E-state index in [0.29, 0.717) is 5.69 Å². The quantitative estimate of drug-likeness (QED) is 0.892. The zero-order chi connectivity index (χ0) is 15.5. The minimum atomic E-state index is -3.56. The first-order valence-corrected chi connectivity index (χ1v) is 8.27. The highest BCUT2D eigenvalue weighted by Gasteiger charge is 2.14. The van der Waals surface area contributed by atoms with E-state index in [4.69, 9.17) is 0 Å². The molecule has 0 aliphatic carbocycles. The summed E-state index contributed by atoms with van der Waals surface area (Å²) in [5, 5.41) is 3.13. The van der Waals surface area contributed by atoms with Gasteiger partial charge in [0.1, 0.15) is 0 Å². The van der Waals surface area contributed by atoms with E-state index in [1.807, 2.05) is 45.2 Å². The molecule has 5 heteroatoms. The van der Waals surface area contributed by atoms with Gasteiger partial charge < -0.3 is 5.32 Å². The highest BCUT2D eigenvalue weighted by Crippen LogP contribution is 2.20. The first-order valence-electron chi connectivity index (χ1n) is 6.79. The van der Waals surface area contributed by atoms with E-state index in [1.165, 1.54) is 0 Å². The Bertz CT molecular complexity index is 727. The van der Waals surface area contributed by atoms with Crippen LogP contribution in [0.4, 0.5) is 5.69 Å². The van der Waals surface area contributed by atoms with Crippen LogP contribution in [-0.2, 0) is 10.0 Å². The van der Waals surface area contributed by atoms with Crippen LogP contribution in [0.15, 0.2) is 53.4 Å². The maximum atomic E-state index is 12.4. The molecule has 0 bridgehead atoms. The van der Waals surface area contributed by atoms with E-state index in [0.717, 1.165) is 11.1 Å². The zero-order valence-electron chi connectivity index (χ0n) is 12.4. The average molecular weight is 304 g/mol. The number of nitrogens with one attached hydrogen (secondary N) is 2. The van der Waals surface area contributed by atoms with Gasteiger partial charge in [0, 0.05) is 11.7 Å². The van der Waals surface area contributed by atoms with Crippen molar-refractivity contribution in [2.24, 2.45) is 0 Å². The lowest BCUT2D eigenvalue weighted by atomic mass is 10.1. The van der Waals surface area contributed by atoms with Crippen LogP contribution in [0.5, 0.6) is 0 Å². The van der Waals surface area contributed by atoms with E-state index in [-0.39, 0.29) is 10.9 Å². The Labute approximate surface area is 126 Å². The number of hydrogen-bond acceptors (Lipinski definition) is 3. The molecular weight excluding hydrogens is 284 g/mol. The monoisotopic (exact) mass is 304 g/mol. The SMILES string of the molecule is CNC(C)c1cccc(NS(=O)(=O)c2cccc(C)c2)c1. The van der Waals surface area contributed by atoms with Crippen molar-refractivity contribution in [3.8, 4) is 0 Å². The molecule has 1 atom stereocenters. The molecule has 0 saturated carbocycles. The van der Waals surface area contributed by atoms with Gasteiger partial charge in [0.15, 0.2) is 0 Å². The molecule has 0 fully saturated rings. The first kappa shape index (κ1) is 15.5. The van der Waals surface area contributed by atoms with Crippen molar-refractivity contribution in [1.29, 1.82) is 0 Å². The second-order valence-electron chi connectivity index (χ2n) is 5.06. The predicted octanol–water partition coefficient (Wildman–Crippen LogP) is 3.08. The van der Waals surface area contributed by atoms with Crippen LogP contribution in [0.2, 0.25) is 0 Å². The van der Waals surface area contributed by atoms with E-state index in [2.05, 4.69) is 10.0 Å². The van der Waals surface area contributed by atoms with E-state index < -0.39 is 10.0 Å². The van der Waals surface area contributed by atoms with Crippen LogP contribution >= 0.6 is 0 Å². The molecule has 0 radical (unpaired) electrons. The van der Waals surface area contributed by atoms with Gasteiger partial charge in [-0.25, -0.2) is 8.42 Å². The van der Waals surface area contributed by atoms with Crippen molar-refractivity contribution in [3.05, 3.63) is 59.7 Å². The molecule has 2 aromatic rings. The predicted molar refractivity (Wildman–Crippen MR) is 85.9 cm³/mol. The van der Waals surface area contributed by atoms with Crippen LogP contribution in [0.3, 0.4) is 0 Å². The van der Waals surface area contributed by atoms with Gasteiger partial charge in [0.2, 0.25) is 0 Å². The summed E-state index contributed by atoms with van der Waals surface area (Å²) in [7, 11) is -1.69. The van der Waals surface area contributed by atoms with Gasteiger partial charge in [-0.15, -0.1) is 0 Å². The highest BCUT2D eigenvalue weighted by molar-refractivity contribution is 7.92. The van der Waals surface area contributed by atoms with Gasteiger partial charge in [0.25, 0.3) is 10.0 Å². The standard InChI is InChI=1S/C16H20N2O2S/c1-12-6-4-9-16(10-12)21(19,20)18-15-8-5-7-14(11-15)13(2)17-3/h4-11,13,17-18H,1-3H3. The number of benzene rings is 2. The third kappa shape index (κ3) is 3.83. The molecule has 21 heavy (non-hydrogen) atoms. The third-order valence-electron chi connectivity index (χ3n) is 3.37. The summed E-state index contributed by atoms with van der Waals surface area (Å²) >= 11 is 0. The zero-order valence-corrected chi connectivity index (χ0v) is 13.2. The first-order chi connectivity index (χ1) is 9.92. The fraction of sp³-hybridized carbons (Fsp3) is 0.250. The second kappa shape index (κ2) is 6.28. The molecule has 0 aliphatic rings. The molecule has 0 saturated heterocycles. The normalized spacial score (nSPS) is 12.9. The fourth-order valence-electron chi connectivity index (χ4n) is 2.03. The summed E-state index contributed by atoms with van der Waals surface area (Å²) in [6.45, 7) is 3.89. The van der Waals surface area contributed by atoms with Gasteiger partial charge >= 0.3 is 0 Å². The minimum absolute atomic E-state index is 0.161. The van der Waals surface area contributed by atoms with Gasteiger partial charge in [-0.05, 0) is 56.3 Å². The summed E-state index contributed by atoms with van der Waals surface area (Å²) in [5.74, 6) is 0. The largest absolute Gasteiger partial charge is 0.313 e. The molecule has 2 N–H and O–H groups in total. The van der Waals surface area contributed by atoms with Crippen molar-refractivity contribution in [2.45, 2.75) is 24.8 Å². The Balaban J connectivity index is 2.29. The van der Waals surface area contributed by atoms with Crippen LogP contribution in [0, 0.1) is 6.92 Å². The summed E-state index contributed by atoms with van der Waals surface area (Å²) in [4.78, 5) is 0.273. The van der Waals surface area contributed by atoms with Gasteiger partial charge in [0.05, 0.1) is 4.90 Å². The lowest BCUT2D eigenvalue weighted by Gasteiger charge is -2.13. The van der Waals surface area contributed by atoms with E-state index in [9.17, 15) is 8.42 Å². The Morgan fingerprint density at radius 2 is 1.76 bits per heavy atom. The molecule has 2 aromatic carbocycles. The Morgan fingerprint density at radius 1 is 1.05 bits per heavy atom. The Hall–Kier alpha value is -1.85. The van der Waals surface area contributed by atoms with Crippen molar-refractivity contribution in [1.82, 2.24) is 5.32 Å². The summed E-state index contributed by atoms with van der Waals surface area (Å²) < 4.78 is 27.4. The van der Waals surface area contributed by atoms with Crippen LogP contribution in [-0.4, -0.2) is 15.5 Å². The molecule has 112 valence electrons. The highest BCUT2D eigenvalue weighted by atomic mass is 32.2. The minimum Gasteiger partial charge on any atom is -0.313 e. The van der Waals surface area contributed by atoms with Crippen molar-refractivity contribution >= 4 is 15.7 Å². The molecular formula is C16H20N2O2S. The molecule has 0 spiro atoms. The summed E-state index contributed by atoms with van der Waals surface area (Å²) in [6.07, 6.45) is 0. The second-order valence-corrected chi connectivity index (χ2v) is 6.74. The van der Waals surface area contributed by atoms with Crippen LogP contribution < -0.4 is 10.0 Å². The average Bonchev–Trinajstić information content (AvgIpc) is 2.46. The number of sulfonamides is 1. The van der Waals surface area contributed by atoms with Crippen molar-refractivity contribution < 1.29 is 8.42 Å². The third-order valence-corrected chi connectivity index (χ3v) is 4.75. The molecule has 0 heterocycles. The molecule has 2 rings (SSSR count). The smallest absolute Gasteiger partial charge is 0.261 e. The maximum Gasteiger partial charge on any atom is 0.261 e.